The summed E-state index contributed by atoms with van der Waals surface area (Å²) in [7, 11) is 0. The number of halogens is 1. The molecule has 0 saturated carbocycles. The number of allylic oxidation sites excluding steroid dienone is 1. The summed E-state index contributed by atoms with van der Waals surface area (Å²) in [6.07, 6.45) is 0. The zero-order chi connectivity index (χ0) is 7.56. The van der Waals surface area contributed by atoms with Gasteiger partial charge in [-0.05, 0) is 15.9 Å². The van der Waals surface area contributed by atoms with Crippen LogP contribution >= 0.6 is 15.9 Å². The summed E-state index contributed by atoms with van der Waals surface area (Å²) in [6.45, 7) is 0. The van der Waals surface area contributed by atoms with Crippen molar-refractivity contribution in [1.82, 2.24) is 0 Å². The average Bonchev–Trinajstić information content (AvgIpc) is 2.30. The predicted octanol–water partition coefficient (Wildman–Crippen LogP) is 0.838. The molecule has 0 aromatic carbocycles. The summed E-state index contributed by atoms with van der Waals surface area (Å²) >= 11 is 2.94. The summed E-state index contributed by atoms with van der Waals surface area (Å²) in [5, 5.41) is 16.7. The van der Waals surface area contributed by atoms with Gasteiger partial charge in [0, 0.05) is 0 Å². The number of amidine groups is 1. The molecule has 0 aliphatic carbocycles. The minimum atomic E-state index is 0.0642. The Morgan fingerprint density at radius 1 is 1.50 bits per heavy atom. The predicted molar refractivity (Wildman–Crippen MR) is 41.3 cm³/mol. The second kappa shape index (κ2) is 2.56. The van der Waals surface area contributed by atoms with E-state index in [1.165, 1.54) is 0 Å². The number of hydrogen-bond donors (Lipinski definition) is 0. The SMILES string of the molecule is N#CC1=NC(Br)=NC1=C=[N-]. The first-order chi connectivity index (χ1) is 4.77. The summed E-state index contributed by atoms with van der Waals surface area (Å²) in [5.74, 6) is 1.74. The number of nitriles is 1. The lowest BCUT2D eigenvalue weighted by molar-refractivity contribution is 1.53. The molecule has 0 unspecified atom stereocenters. The first-order valence-electron chi connectivity index (χ1n) is 2.28. The van der Waals surface area contributed by atoms with Gasteiger partial charge in [0.25, 0.3) is 0 Å². The molecular weight excluding hydrogens is 196 g/mol. The molecule has 0 bridgehead atoms. The fourth-order valence-electron chi connectivity index (χ4n) is 0.471. The lowest BCUT2D eigenvalue weighted by atomic mass is 10.3. The average molecular weight is 196 g/mol. The summed E-state index contributed by atoms with van der Waals surface area (Å²) in [6, 6.07) is 1.74. The zero-order valence-corrected chi connectivity index (χ0v) is 6.25. The van der Waals surface area contributed by atoms with Gasteiger partial charge in [0.05, 0.1) is 0 Å². The van der Waals surface area contributed by atoms with Crippen LogP contribution in [0.15, 0.2) is 15.7 Å². The van der Waals surface area contributed by atoms with E-state index in [1.54, 1.807) is 11.9 Å². The Bertz CT molecular complexity index is 313. The molecule has 48 valence electrons. The van der Waals surface area contributed by atoms with E-state index in [0.29, 0.717) is 0 Å². The van der Waals surface area contributed by atoms with Gasteiger partial charge < -0.3 is 5.41 Å². The molecule has 1 rings (SSSR count). The maximum Gasteiger partial charge on any atom is 0.199 e. The highest BCUT2D eigenvalue weighted by atomic mass is 79.9. The Hall–Kier alpha value is -1.24. The lowest BCUT2D eigenvalue weighted by Crippen LogP contribution is -1.91. The topological polar surface area (TPSA) is 70.8 Å². The van der Waals surface area contributed by atoms with Gasteiger partial charge >= 0.3 is 0 Å². The van der Waals surface area contributed by atoms with Crippen molar-refractivity contribution in [1.29, 1.82) is 5.26 Å². The number of nitrogens with zero attached hydrogens (tertiary/aromatic N) is 4. The number of hydrogen-bond acceptors (Lipinski definition) is 3. The van der Waals surface area contributed by atoms with Gasteiger partial charge in [-0.25, -0.2) is 15.9 Å². The van der Waals surface area contributed by atoms with Crippen molar-refractivity contribution >= 4 is 32.3 Å². The molecule has 10 heavy (non-hydrogen) atoms. The standard InChI is InChI=1S/C5BrN4/c6-5-9-3(1-7)4(2-8)10-5/q-1. The van der Waals surface area contributed by atoms with Gasteiger partial charge in [-0.2, -0.15) is 5.26 Å². The van der Waals surface area contributed by atoms with Gasteiger partial charge in [0.1, 0.15) is 11.8 Å². The van der Waals surface area contributed by atoms with E-state index in [2.05, 4.69) is 25.9 Å². The molecule has 0 atom stereocenters. The second-order valence-corrected chi connectivity index (χ2v) is 2.12. The van der Waals surface area contributed by atoms with Crippen LogP contribution in [0.3, 0.4) is 0 Å². The Morgan fingerprint density at radius 3 is 2.60 bits per heavy atom. The van der Waals surface area contributed by atoms with E-state index < -0.39 is 0 Å². The molecule has 0 aromatic heterocycles. The van der Waals surface area contributed by atoms with E-state index >= 15 is 0 Å². The Morgan fingerprint density at radius 2 is 2.20 bits per heavy atom. The molecule has 0 saturated heterocycles. The first kappa shape index (κ1) is 6.87. The van der Waals surface area contributed by atoms with Crippen LogP contribution in [0.4, 0.5) is 0 Å². The van der Waals surface area contributed by atoms with Crippen LogP contribution in [-0.2, 0) is 0 Å². The molecule has 0 fully saturated rings. The van der Waals surface area contributed by atoms with E-state index in [-0.39, 0.29) is 16.2 Å². The summed E-state index contributed by atoms with van der Waals surface area (Å²) in [5.41, 5.74) is 0.128. The third-order valence-electron chi connectivity index (χ3n) is 0.844. The van der Waals surface area contributed by atoms with Gasteiger partial charge in [0.15, 0.2) is 10.5 Å². The van der Waals surface area contributed by atoms with E-state index in [4.69, 9.17) is 10.7 Å². The van der Waals surface area contributed by atoms with Gasteiger partial charge in [-0.3, -0.25) is 0 Å². The van der Waals surface area contributed by atoms with Crippen LogP contribution in [0.5, 0.6) is 0 Å². The number of rotatable bonds is 0. The molecule has 1 aliphatic heterocycles. The summed E-state index contributed by atoms with van der Waals surface area (Å²) in [4.78, 5) is 7.24. The molecule has 0 aromatic rings. The summed E-state index contributed by atoms with van der Waals surface area (Å²) < 4.78 is 0.278. The van der Waals surface area contributed by atoms with Crippen LogP contribution in [0.2, 0.25) is 0 Å². The van der Waals surface area contributed by atoms with Crippen molar-refractivity contribution in [3.05, 3.63) is 11.1 Å². The maximum atomic E-state index is 8.34. The smallest absolute Gasteiger partial charge is 0.199 e. The third-order valence-corrected chi connectivity index (χ3v) is 1.20. The molecule has 0 amide bonds. The van der Waals surface area contributed by atoms with Crippen molar-refractivity contribution in [3.63, 3.8) is 0 Å². The highest BCUT2D eigenvalue weighted by Crippen LogP contribution is 2.09. The van der Waals surface area contributed by atoms with E-state index in [1.807, 2.05) is 0 Å². The highest BCUT2D eigenvalue weighted by Gasteiger charge is 2.11. The fraction of sp³-hybridized carbons (Fsp3) is 0. The van der Waals surface area contributed by atoms with Crippen molar-refractivity contribution < 1.29 is 0 Å². The van der Waals surface area contributed by atoms with Crippen molar-refractivity contribution in [3.8, 4) is 6.07 Å². The van der Waals surface area contributed by atoms with Crippen molar-refractivity contribution in [2.45, 2.75) is 0 Å². The Balaban J connectivity index is 3.16. The van der Waals surface area contributed by atoms with E-state index in [0.717, 1.165) is 0 Å². The molecular formula is C5BrN4-. The molecule has 0 radical (unpaired) electrons. The molecule has 1 aliphatic rings. The Kier molecular flexibility index (Phi) is 1.76. The zero-order valence-electron chi connectivity index (χ0n) is 4.67. The molecule has 1 heterocycles. The molecule has 0 spiro atoms. The van der Waals surface area contributed by atoms with Crippen molar-refractivity contribution in [2.75, 3.05) is 0 Å². The van der Waals surface area contributed by atoms with Crippen molar-refractivity contribution in [2.24, 2.45) is 9.98 Å². The van der Waals surface area contributed by atoms with Gasteiger partial charge in [0.2, 0.25) is 0 Å². The molecule has 0 N–H and O–H groups in total. The normalized spacial score (nSPS) is 15.4. The van der Waals surface area contributed by atoms with Gasteiger partial charge in [-0.15, -0.1) is 0 Å². The quantitative estimate of drug-likeness (QED) is 0.417. The van der Waals surface area contributed by atoms with Crippen LogP contribution in [-0.4, -0.2) is 16.3 Å². The minimum absolute atomic E-state index is 0.0642. The van der Waals surface area contributed by atoms with Crippen LogP contribution < -0.4 is 0 Å². The van der Waals surface area contributed by atoms with Crippen LogP contribution in [0, 0.1) is 11.3 Å². The number of aliphatic imine (C=N–C) groups is 2. The monoisotopic (exact) mass is 195 g/mol. The molecule has 5 heteroatoms. The third kappa shape index (κ3) is 1.03. The minimum Gasteiger partial charge on any atom is -0.761 e. The molecule has 4 nitrogen and oxygen atoms in total. The Labute approximate surface area is 65.2 Å². The van der Waals surface area contributed by atoms with Crippen LogP contribution in [0.1, 0.15) is 0 Å². The second-order valence-electron chi connectivity index (χ2n) is 1.41. The van der Waals surface area contributed by atoms with Gasteiger partial charge in [-0.1, -0.05) is 0 Å². The highest BCUT2D eigenvalue weighted by molar-refractivity contribution is 9.18. The van der Waals surface area contributed by atoms with Crippen LogP contribution in [0.25, 0.3) is 5.41 Å². The largest absolute Gasteiger partial charge is 0.761 e. The van der Waals surface area contributed by atoms with E-state index in [9.17, 15) is 0 Å². The fourth-order valence-corrected chi connectivity index (χ4v) is 0.826. The maximum absolute atomic E-state index is 8.34. The lowest BCUT2D eigenvalue weighted by Gasteiger charge is -1.83. The first-order valence-corrected chi connectivity index (χ1v) is 3.07.